The van der Waals surface area contributed by atoms with Gasteiger partial charge in [0, 0.05) is 22.8 Å². The minimum Gasteiger partial charge on any atom is -0.493 e. The quantitative estimate of drug-likeness (QED) is 0.0849. The van der Waals surface area contributed by atoms with Crippen LogP contribution in [0.15, 0.2) is 72.8 Å². The molecule has 8 nitrogen and oxygen atoms in total. The van der Waals surface area contributed by atoms with Gasteiger partial charge in [0.05, 0.1) is 6.61 Å². The summed E-state index contributed by atoms with van der Waals surface area (Å²) in [6, 6.07) is 24.0. The lowest BCUT2D eigenvalue weighted by Gasteiger charge is -2.25. The maximum absolute atomic E-state index is 6.41. The predicted octanol–water partition coefficient (Wildman–Crippen LogP) is 5.91. The average molecular weight is 558 g/mol. The zero-order chi connectivity index (χ0) is 29.0. The molecule has 8 heteroatoms. The molecule has 4 aromatic rings. The van der Waals surface area contributed by atoms with E-state index >= 15 is 0 Å². The largest absolute Gasteiger partial charge is 0.493 e. The van der Waals surface area contributed by atoms with E-state index in [2.05, 4.69) is 19.1 Å². The number of hydrogen-bond donors (Lipinski definition) is 3. The Morgan fingerprint density at radius 1 is 0.878 bits per heavy atom. The van der Waals surface area contributed by atoms with E-state index in [4.69, 9.17) is 41.2 Å². The zero-order valence-electron chi connectivity index (χ0n) is 23.9. The first kappa shape index (κ1) is 28.9. The van der Waals surface area contributed by atoms with Crippen LogP contribution in [0.25, 0.3) is 21.9 Å². The summed E-state index contributed by atoms with van der Waals surface area (Å²) in [6.07, 6.45) is 2.55. The number of fused-ring (bicyclic) bond motifs is 3. The van der Waals surface area contributed by atoms with Crippen molar-refractivity contribution in [1.29, 1.82) is 0 Å². The van der Waals surface area contributed by atoms with Crippen molar-refractivity contribution in [2.24, 2.45) is 17.2 Å². The molecule has 216 valence electrons. The highest BCUT2D eigenvalue weighted by Crippen LogP contribution is 2.51. The fourth-order valence-electron chi connectivity index (χ4n) is 5.21. The second-order valence-corrected chi connectivity index (χ2v) is 11.1. The zero-order valence-corrected chi connectivity index (χ0v) is 23.9. The van der Waals surface area contributed by atoms with Crippen LogP contribution in [0.1, 0.15) is 50.3 Å². The topological polar surface area (TPSA) is 124 Å². The molecule has 41 heavy (non-hydrogen) atoms. The second kappa shape index (κ2) is 12.1. The molecule has 5 rings (SSSR count). The number of benzene rings is 4. The summed E-state index contributed by atoms with van der Waals surface area (Å²) >= 11 is 0. The highest BCUT2D eigenvalue weighted by atomic mass is 17.2. The van der Waals surface area contributed by atoms with Gasteiger partial charge in [-0.25, -0.2) is 9.78 Å². The van der Waals surface area contributed by atoms with Gasteiger partial charge in [-0.2, -0.15) is 0 Å². The van der Waals surface area contributed by atoms with Crippen LogP contribution in [-0.4, -0.2) is 18.2 Å². The monoisotopic (exact) mass is 557 g/mol. The van der Waals surface area contributed by atoms with Gasteiger partial charge in [0.25, 0.3) is 5.97 Å². The summed E-state index contributed by atoms with van der Waals surface area (Å²) in [5.41, 5.74) is 22.1. The van der Waals surface area contributed by atoms with Crippen LogP contribution in [0.2, 0.25) is 0 Å². The van der Waals surface area contributed by atoms with Gasteiger partial charge in [-0.15, -0.1) is 0 Å². The first-order valence-electron chi connectivity index (χ1n) is 14.0. The van der Waals surface area contributed by atoms with Crippen LogP contribution < -0.4 is 31.4 Å². The molecule has 0 saturated carbocycles. The summed E-state index contributed by atoms with van der Waals surface area (Å²) in [4.78, 5) is 11.4. The molecule has 0 saturated heterocycles. The Kier molecular flexibility index (Phi) is 8.49. The molecule has 6 N–H and O–H groups in total. The van der Waals surface area contributed by atoms with Crippen LogP contribution in [0.5, 0.6) is 17.2 Å². The van der Waals surface area contributed by atoms with E-state index in [-0.39, 0.29) is 6.61 Å². The smallest absolute Gasteiger partial charge is 0.271 e. The van der Waals surface area contributed by atoms with Crippen LogP contribution in [0.3, 0.4) is 0 Å². The van der Waals surface area contributed by atoms with Crippen molar-refractivity contribution in [2.75, 3.05) is 6.61 Å². The molecule has 0 aliphatic carbocycles. The Bertz CT molecular complexity index is 1480. The molecule has 1 aliphatic heterocycles. The van der Waals surface area contributed by atoms with Crippen molar-refractivity contribution in [3.8, 4) is 28.4 Å². The SMILES string of the molecule is CCCCOc1cc(COOCc2ccccc2)c(-c2ccccc2)c2c3c(c(OC(N)(N)N)cc12)OC(C)(C)C3. The van der Waals surface area contributed by atoms with E-state index in [1.807, 2.05) is 74.5 Å². The molecule has 0 amide bonds. The van der Waals surface area contributed by atoms with Crippen molar-refractivity contribution in [3.05, 3.63) is 89.5 Å². The van der Waals surface area contributed by atoms with Crippen molar-refractivity contribution in [3.63, 3.8) is 0 Å². The first-order valence-corrected chi connectivity index (χ1v) is 14.0. The summed E-state index contributed by atoms with van der Waals surface area (Å²) in [7, 11) is 0. The third-order valence-electron chi connectivity index (χ3n) is 6.94. The highest BCUT2D eigenvalue weighted by Gasteiger charge is 2.37. The molecule has 0 bridgehead atoms. The molecule has 0 spiro atoms. The van der Waals surface area contributed by atoms with Gasteiger partial charge in [0.15, 0.2) is 11.5 Å². The van der Waals surface area contributed by atoms with E-state index in [0.717, 1.165) is 51.4 Å². The first-order chi connectivity index (χ1) is 19.6. The Morgan fingerprint density at radius 2 is 1.56 bits per heavy atom. The Morgan fingerprint density at radius 3 is 2.24 bits per heavy atom. The minimum atomic E-state index is -1.88. The van der Waals surface area contributed by atoms with Crippen molar-refractivity contribution in [1.82, 2.24) is 0 Å². The number of rotatable bonds is 12. The van der Waals surface area contributed by atoms with Crippen LogP contribution in [-0.2, 0) is 29.4 Å². The van der Waals surface area contributed by atoms with Crippen LogP contribution >= 0.6 is 0 Å². The maximum atomic E-state index is 6.41. The van der Waals surface area contributed by atoms with E-state index < -0.39 is 11.6 Å². The summed E-state index contributed by atoms with van der Waals surface area (Å²) in [5.74, 6) is -0.236. The molecular weight excluding hydrogens is 518 g/mol. The van der Waals surface area contributed by atoms with E-state index in [0.29, 0.717) is 36.9 Å². The predicted molar refractivity (Wildman–Crippen MR) is 160 cm³/mol. The third kappa shape index (κ3) is 6.81. The van der Waals surface area contributed by atoms with Gasteiger partial charge in [-0.3, -0.25) is 17.2 Å². The standard InChI is InChI=1S/C33H39N3O5/c1-4-5-16-37-27-17-24(21-39-38-20-22-12-8-6-9-13-22)29(23-14-10-7-11-15-23)30-25(27)18-28(40-33(34,35)36)31-26(30)19-32(2,3)41-31/h6-15,17-18H,4-5,16,19-21,34-36H2,1-3H3. The van der Waals surface area contributed by atoms with Crippen LogP contribution in [0, 0.1) is 0 Å². The number of hydrogen-bond acceptors (Lipinski definition) is 8. The lowest BCUT2D eigenvalue weighted by atomic mass is 9.87. The summed E-state index contributed by atoms with van der Waals surface area (Å²) < 4.78 is 18.6. The maximum Gasteiger partial charge on any atom is 0.271 e. The van der Waals surface area contributed by atoms with Crippen molar-refractivity contribution >= 4 is 10.8 Å². The number of ether oxygens (including phenoxy) is 3. The lowest BCUT2D eigenvalue weighted by molar-refractivity contribution is -0.313. The Hall–Kier alpha value is -3.66. The van der Waals surface area contributed by atoms with Gasteiger partial charge >= 0.3 is 0 Å². The van der Waals surface area contributed by atoms with Gasteiger partial charge in [-0.1, -0.05) is 74.0 Å². The molecule has 0 aromatic heterocycles. The Balaban J connectivity index is 1.67. The second-order valence-electron chi connectivity index (χ2n) is 11.1. The lowest BCUT2D eigenvalue weighted by Crippen LogP contribution is -2.62. The summed E-state index contributed by atoms with van der Waals surface area (Å²) in [6.45, 7) is 7.32. The van der Waals surface area contributed by atoms with Crippen molar-refractivity contribution < 1.29 is 24.0 Å². The van der Waals surface area contributed by atoms with Gasteiger partial charge in [0.2, 0.25) is 0 Å². The Labute approximate surface area is 241 Å². The molecule has 1 heterocycles. The van der Waals surface area contributed by atoms with Gasteiger partial charge in [-0.05, 0) is 54.7 Å². The fourth-order valence-corrected chi connectivity index (χ4v) is 5.21. The molecule has 0 fully saturated rings. The van der Waals surface area contributed by atoms with E-state index in [1.54, 1.807) is 0 Å². The fraction of sp³-hybridized carbons (Fsp3) is 0.333. The molecular formula is C33H39N3O5. The van der Waals surface area contributed by atoms with Gasteiger partial charge < -0.3 is 14.2 Å². The highest BCUT2D eigenvalue weighted by molar-refractivity contribution is 6.06. The molecule has 0 radical (unpaired) electrons. The molecule has 1 aliphatic rings. The summed E-state index contributed by atoms with van der Waals surface area (Å²) in [5, 5.41) is 1.85. The van der Waals surface area contributed by atoms with Crippen LogP contribution in [0.4, 0.5) is 0 Å². The molecule has 0 atom stereocenters. The molecule has 0 unspecified atom stereocenters. The van der Waals surface area contributed by atoms with Gasteiger partial charge in [0.1, 0.15) is 24.6 Å². The van der Waals surface area contributed by atoms with E-state index in [9.17, 15) is 0 Å². The third-order valence-corrected chi connectivity index (χ3v) is 6.94. The minimum absolute atomic E-state index is 0.214. The number of unbranched alkanes of at least 4 members (excludes halogenated alkanes) is 1. The number of nitrogens with two attached hydrogens (primary N) is 3. The van der Waals surface area contributed by atoms with Crippen molar-refractivity contribution in [2.45, 2.75) is 64.8 Å². The van der Waals surface area contributed by atoms with E-state index in [1.165, 1.54) is 0 Å². The average Bonchev–Trinajstić information content (AvgIpc) is 3.27. The molecule has 4 aromatic carbocycles. The normalized spacial score (nSPS) is 14.1.